The van der Waals surface area contributed by atoms with Crippen molar-refractivity contribution in [2.75, 3.05) is 13.1 Å². The molecule has 1 atom stereocenters. The van der Waals surface area contributed by atoms with Gasteiger partial charge >= 0.3 is 0 Å². The molecular formula is C18H21ClN4O4S. The van der Waals surface area contributed by atoms with Gasteiger partial charge in [0, 0.05) is 44.2 Å². The quantitative estimate of drug-likeness (QED) is 0.672. The van der Waals surface area contributed by atoms with Crippen LogP contribution in [0.15, 0.2) is 36.8 Å². The number of rotatable bonds is 7. The number of aromatic nitrogens is 3. The fourth-order valence-electron chi connectivity index (χ4n) is 3.03. The first kappa shape index (κ1) is 20.6. The van der Waals surface area contributed by atoms with Gasteiger partial charge < -0.3 is 4.74 Å². The number of hydrogen-bond donors (Lipinski definition) is 0. The monoisotopic (exact) mass is 424 g/mol. The van der Waals surface area contributed by atoms with Crippen LogP contribution in [0.1, 0.15) is 37.3 Å². The summed E-state index contributed by atoms with van der Waals surface area (Å²) in [6.07, 6.45) is 5.29. The van der Waals surface area contributed by atoms with Crippen LogP contribution in [0.3, 0.4) is 0 Å². The summed E-state index contributed by atoms with van der Waals surface area (Å²) in [5.74, 6) is 0.0375. The Labute approximate surface area is 169 Å². The molecule has 1 aliphatic rings. The van der Waals surface area contributed by atoms with Crippen molar-refractivity contribution in [1.82, 2.24) is 19.3 Å². The van der Waals surface area contributed by atoms with Gasteiger partial charge in [-0.25, -0.2) is 27.7 Å². The highest BCUT2D eigenvalue weighted by molar-refractivity contribution is 7.90. The third-order valence-electron chi connectivity index (χ3n) is 4.51. The molecule has 0 radical (unpaired) electrons. The number of hydrogen-bond acceptors (Lipinski definition) is 7. The maximum atomic E-state index is 13.1. The molecule has 2 aromatic rings. The van der Waals surface area contributed by atoms with Crippen LogP contribution in [0.4, 0.5) is 0 Å². The van der Waals surface area contributed by atoms with E-state index in [0.717, 1.165) is 0 Å². The Morgan fingerprint density at radius 3 is 2.50 bits per heavy atom. The molecule has 10 heteroatoms. The smallest absolute Gasteiger partial charge is 0.231 e. The van der Waals surface area contributed by atoms with Gasteiger partial charge in [0.15, 0.2) is 16.9 Å². The molecular weight excluding hydrogens is 404 g/mol. The standard InChI is InChI=1S/C18H21ClN4O4S/c1-2-15(24)17(18-20-8-3-9-21-18)28(25,26)23-10-6-14(7-11-23)27-16-5-4-13(19)12-22-16/h3-5,8-9,12,14,17H,2,6-7,10-11H2,1H3. The summed E-state index contributed by atoms with van der Waals surface area (Å²) in [7, 11) is -3.92. The van der Waals surface area contributed by atoms with Crippen LogP contribution in [0.25, 0.3) is 0 Å². The fourth-order valence-corrected chi connectivity index (χ4v) is 5.05. The number of carbonyl (C=O) groups excluding carboxylic acids is 1. The van der Waals surface area contributed by atoms with E-state index in [2.05, 4.69) is 15.0 Å². The van der Waals surface area contributed by atoms with Crippen LogP contribution < -0.4 is 4.74 Å². The predicted octanol–water partition coefficient (Wildman–Crippen LogP) is 2.42. The van der Waals surface area contributed by atoms with E-state index in [0.29, 0.717) is 23.7 Å². The van der Waals surface area contributed by atoms with E-state index < -0.39 is 21.1 Å². The van der Waals surface area contributed by atoms with E-state index in [1.54, 1.807) is 25.1 Å². The van der Waals surface area contributed by atoms with E-state index in [9.17, 15) is 13.2 Å². The van der Waals surface area contributed by atoms with Crippen molar-refractivity contribution in [2.24, 2.45) is 0 Å². The first-order chi connectivity index (χ1) is 13.4. The summed E-state index contributed by atoms with van der Waals surface area (Å²) >= 11 is 5.81. The number of ketones is 1. The fraction of sp³-hybridized carbons (Fsp3) is 0.444. The topological polar surface area (TPSA) is 102 Å². The van der Waals surface area contributed by atoms with E-state index in [1.807, 2.05) is 0 Å². The molecule has 1 saturated heterocycles. The summed E-state index contributed by atoms with van der Waals surface area (Å²) in [4.78, 5) is 24.5. The van der Waals surface area contributed by atoms with Crippen molar-refractivity contribution < 1.29 is 17.9 Å². The van der Waals surface area contributed by atoms with Gasteiger partial charge in [0.1, 0.15) is 6.10 Å². The molecule has 2 aromatic heterocycles. The Hall–Kier alpha value is -2.10. The van der Waals surface area contributed by atoms with Gasteiger partial charge in [-0.2, -0.15) is 0 Å². The molecule has 1 unspecified atom stereocenters. The molecule has 0 aliphatic carbocycles. The van der Waals surface area contributed by atoms with Gasteiger partial charge in [-0.1, -0.05) is 18.5 Å². The predicted molar refractivity (Wildman–Crippen MR) is 103 cm³/mol. The second-order valence-electron chi connectivity index (χ2n) is 6.38. The minimum Gasteiger partial charge on any atom is -0.474 e. The first-order valence-electron chi connectivity index (χ1n) is 8.98. The lowest BCUT2D eigenvalue weighted by Gasteiger charge is -2.32. The zero-order valence-electron chi connectivity index (χ0n) is 15.4. The molecule has 3 heterocycles. The van der Waals surface area contributed by atoms with Gasteiger partial charge in [-0.3, -0.25) is 4.79 Å². The lowest BCUT2D eigenvalue weighted by molar-refractivity contribution is -0.118. The van der Waals surface area contributed by atoms with Crippen molar-refractivity contribution in [1.29, 1.82) is 0 Å². The minimum atomic E-state index is -3.92. The van der Waals surface area contributed by atoms with Gasteiger partial charge in [0.2, 0.25) is 15.9 Å². The number of ether oxygens (including phenoxy) is 1. The van der Waals surface area contributed by atoms with Crippen molar-refractivity contribution in [3.63, 3.8) is 0 Å². The number of nitrogens with zero attached hydrogens (tertiary/aromatic N) is 4. The lowest BCUT2D eigenvalue weighted by Crippen LogP contribution is -2.45. The SMILES string of the molecule is CCC(=O)C(c1ncccn1)S(=O)(=O)N1CCC(Oc2ccc(Cl)cn2)CC1. The summed E-state index contributed by atoms with van der Waals surface area (Å²) < 4.78 is 33.4. The number of piperidine rings is 1. The summed E-state index contributed by atoms with van der Waals surface area (Å²) in [6, 6.07) is 4.94. The zero-order chi connectivity index (χ0) is 20.1. The average Bonchev–Trinajstić information content (AvgIpc) is 2.71. The molecule has 150 valence electrons. The Kier molecular flexibility index (Phi) is 6.58. The number of Topliss-reactive ketones (excluding diaryl/α,β-unsaturated/α-hetero) is 1. The maximum absolute atomic E-state index is 13.1. The van der Waals surface area contributed by atoms with Crippen molar-refractivity contribution in [3.05, 3.63) is 47.6 Å². The molecule has 1 fully saturated rings. The van der Waals surface area contributed by atoms with E-state index >= 15 is 0 Å². The Morgan fingerprint density at radius 1 is 1.25 bits per heavy atom. The Balaban J connectivity index is 1.70. The summed E-state index contributed by atoms with van der Waals surface area (Å²) in [5.41, 5.74) is 0. The molecule has 0 amide bonds. The molecule has 0 aromatic carbocycles. The van der Waals surface area contributed by atoms with Gasteiger partial charge in [0.25, 0.3) is 0 Å². The third-order valence-corrected chi connectivity index (χ3v) is 6.89. The number of sulfonamides is 1. The maximum Gasteiger partial charge on any atom is 0.231 e. The lowest BCUT2D eigenvalue weighted by atomic mass is 10.1. The number of pyridine rings is 1. The van der Waals surface area contributed by atoms with Crippen LogP contribution in [0, 0.1) is 0 Å². The molecule has 0 bridgehead atoms. The Bertz CT molecular complexity index is 901. The van der Waals surface area contributed by atoms with Gasteiger partial charge in [-0.05, 0) is 25.0 Å². The minimum absolute atomic E-state index is 0.0121. The third kappa shape index (κ3) is 4.65. The highest BCUT2D eigenvalue weighted by atomic mass is 35.5. The second kappa shape index (κ2) is 8.93. The second-order valence-corrected chi connectivity index (χ2v) is 8.84. The zero-order valence-corrected chi connectivity index (χ0v) is 16.9. The Morgan fingerprint density at radius 2 is 1.93 bits per heavy atom. The summed E-state index contributed by atoms with van der Waals surface area (Å²) in [5, 5.41) is -0.864. The molecule has 28 heavy (non-hydrogen) atoms. The molecule has 3 rings (SSSR count). The van der Waals surface area contributed by atoms with E-state index in [1.165, 1.54) is 22.9 Å². The first-order valence-corrected chi connectivity index (χ1v) is 10.9. The van der Waals surface area contributed by atoms with E-state index in [-0.39, 0.29) is 31.4 Å². The van der Waals surface area contributed by atoms with Crippen LogP contribution in [-0.2, 0) is 14.8 Å². The van der Waals surface area contributed by atoms with Gasteiger partial charge in [-0.15, -0.1) is 0 Å². The normalized spacial score (nSPS) is 17.2. The van der Waals surface area contributed by atoms with E-state index in [4.69, 9.17) is 16.3 Å². The summed E-state index contributed by atoms with van der Waals surface area (Å²) in [6.45, 7) is 2.13. The molecule has 0 saturated carbocycles. The number of carbonyl (C=O) groups is 1. The van der Waals surface area contributed by atoms with Crippen LogP contribution >= 0.6 is 11.6 Å². The van der Waals surface area contributed by atoms with Crippen LogP contribution in [0.2, 0.25) is 5.02 Å². The molecule has 8 nitrogen and oxygen atoms in total. The van der Waals surface area contributed by atoms with Gasteiger partial charge in [0.05, 0.1) is 5.02 Å². The number of halogens is 1. The molecule has 1 aliphatic heterocycles. The van der Waals surface area contributed by atoms with Crippen molar-refractivity contribution in [3.8, 4) is 5.88 Å². The van der Waals surface area contributed by atoms with Crippen molar-refractivity contribution >= 4 is 27.4 Å². The highest BCUT2D eigenvalue weighted by Gasteiger charge is 2.41. The van der Waals surface area contributed by atoms with Crippen molar-refractivity contribution in [2.45, 2.75) is 37.5 Å². The highest BCUT2D eigenvalue weighted by Crippen LogP contribution is 2.28. The van der Waals surface area contributed by atoms with Crippen LogP contribution in [0.5, 0.6) is 5.88 Å². The molecule has 0 spiro atoms. The molecule has 0 N–H and O–H groups in total. The average molecular weight is 425 g/mol. The van der Waals surface area contributed by atoms with Crippen LogP contribution in [-0.4, -0.2) is 52.7 Å². The largest absolute Gasteiger partial charge is 0.474 e.